The minimum absolute atomic E-state index is 0.314. The molecule has 2 nitrogen and oxygen atoms in total. The van der Waals surface area contributed by atoms with Crippen LogP contribution in [0.25, 0.3) is 0 Å². The van der Waals surface area contributed by atoms with Gasteiger partial charge in [-0.25, -0.2) is 4.39 Å². The molecule has 0 radical (unpaired) electrons. The fraction of sp³-hybridized carbons (Fsp3) is 0.500. The van der Waals surface area contributed by atoms with E-state index in [9.17, 15) is 9.50 Å². The molecular weight excluding hydrogens is 195 g/mol. The van der Waals surface area contributed by atoms with Gasteiger partial charge in [-0.2, -0.15) is 0 Å². The van der Waals surface area contributed by atoms with Crippen LogP contribution in [0.15, 0.2) is 18.2 Å². The van der Waals surface area contributed by atoms with Crippen molar-refractivity contribution in [3.05, 3.63) is 29.6 Å². The van der Waals surface area contributed by atoms with Crippen LogP contribution in [0.2, 0.25) is 0 Å². The highest BCUT2D eigenvalue weighted by Crippen LogP contribution is 2.30. The molecule has 0 saturated heterocycles. The third kappa shape index (κ3) is 2.69. The SMILES string of the molecule is CC(O)c1ccc(OCC2CC2)cc1F. The van der Waals surface area contributed by atoms with Crippen LogP contribution < -0.4 is 4.74 Å². The van der Waals surface area contributed by atoms with Crippen molar-refractivity contribution in [1.29, 1.82) is 0 Å². The first-order valence-electron chi connectivity index (χ1n) is 5.27. The predicted octanol–water partition coefficient (Wildman–Crippen LogP) is 2.67. The fourth-order valence-corrected chi connectivity index (χ4v) is 1.44. The Balaban J connectivity index is 2.03. The Bertz CT molecular complexity index is 345. The van der Waals surface area contributed by atoms with Crippen LogP contribution in [-0.4, -0.2) is 11.7 Å². The number of hydrogen-bond acceptors (Lipinski definition) is 2. The Hall–Kier alpha value is -1.09. The topological polar surface area (TPSA) is 29.5 Å². The number of aliphatic hydroxyl groups excluding tert-OH is 1. The second-order valence-electron chi connectivity index (χ2n) is 4.11. The summed E-state index contributed by atoms with van der Waals surface area (Å²) in [6.07, 6.45) is 1.66. The molecule has 1 fully saturated rings. The Morgan fingerprint density at radius 3 is 2.80 bits per heavy atom. The quantitative estimate of drug-likeness (QED) is 0.827. The van der Waals surface area contributed by atoms with Gasteiger partial charge in [-0.3, -0.25) is 0 Å². The molecule has 1 saturated carbocycles. The van der Waals surface area contributed by atoms with E-state index in [4.69, 9.17) is 4.74 Å². The third-order valence-electron chi connectivity index (χ3n) is 2.60. The van der Waals surface area contributed by atoms with E-state index in [2.05, 4.69) is 0 Å². The minimum Gasteiger partial charge on any atom is -0.493 e. The van der Waals surface area contributed by atoms with Gasteiger partial charge in [0.2, 0.25) is 0 Å². The summed E-state index contributed by atoms with van der Waals surface area (Å²) in [4.78, 5) is 0. The van der Waals surface area contributed by atoms with Crippen molar-refractivity contribution in [2.75, 3.05) is 6.61 Å². The second kappa shape index (κ2) is 4.19. The van der Waals surface area contributed by atoms with Gasteiger partial charge in [-0.1, -0.05) is 0 Å². The molecule has 1 aromatic rings. The third-order valence-corrected chi connectivity index (χ3v) is 2.60. The zero-order valence-corrected chi connectivity index (χ0v) is 8.74. The van der Waals surface area contributed by atoms with E-state index in [1.165, 1.54) is 18.9 Å². The molecule has 1 aliphatic carbocycles. The summed E-state index contributed by atoms with van der Waals surface area (Å²) in [6, 6.07) is 4.61. The van der Waals surface area contributed by atoms with Crippen LogP contribution in [-0.2, 0) is 0 Å². The molecule has 0 amide bonds. The standard InChI is InChI=1S/C12H15FO2/c1-8(14)11-5-4-10(6-12(11)13)15-7-9-2-3-9/h4-6,8-9,14H,2-3,7H2,1H3. The van der Waals surface area contributed by atoms with E-state index in [0.29, 0.717) is 23.8 Å². The maximum absolute atomic E-state index is 13.4. The van der Waals surface area contributed by atoms with Crippen molar-refractivity contribution >= 4 is 0 Å². The van der Waals surface area contributed by atoms with Crippen molar-refractivity contribution in [3.63, 3.8) is 0 Å². The lowest BCUT2D eigenvalue weighted by Crippen LogP contribution is -2.01. The molecule has 0 aromatic heterocycles. The van der Waals surface area contributed by atoms with Crippen molar-refractivity contribution in [2.45, 2.75) is 25.9 Å². The van der Waals surface area contributed by atoms with Crippen molar-refractivity contribution in [1.82, 2.24) is 0 Å². The predicted molar refractivity (Wildman–Crippen MR) is 55.3 cm³/mol. The molecule has 82 valence electrons. The fourth-order valence-electron chi connectivity index (χ4n) is 1.44. The molecular formula is C12H15FO2. The lowest BCUT2D eigenvalue weighted by molar-refractivity contribution is 0.194. The summed E-state index contributed by atoms with van der Waals surface area (Å²) in [5.41, 5.74) is 0.314. The number of benzene rings is 1. The van der Waals surface area contributed by atoms with Gasteiger partial charge in [-0.05, 0) is 37.8 Å². The molecule has 1 aromatic carbocycles. The van der Waals surface area contributed by atoms with E-state index < -0.39 is 11.9 Å². The van der Waals surface area contributed by atoms with Gasteiger partial charge in [0, 0.05) is 11.6 Å². The molecule has 3 heteroatoms. The molecule has 0 bridgehead atoms. The first-order chi connectivity index (χ1) is 7.16. The lowest BCUT2D eigenvalue weighted by atomic mass is 10.1. The van der Waals surface area contributed by atoms with Gasteiger partial charge >= 0.3 is 0 Å². The number of rotatable bonds is 4. The van der Waals surface area contributed by atoms with Crippen LogP contribution in [0.5, 0.6) is 5.75 Å². The summed E-state index contributed by atoms with van der Waals surface area (Å²) in [7, 11) is 0. The lowest BCUT2D eigenvalue weighted by Gasteiger charge is -2.09. The van der Waals surface area contributed by atoms with E-state index in [0.717, 1.165) is 0 Å². The first kappa shape index (κ1) is 10.4. The van der Waals surface area contributed by atoms with E-state index in [1.807, 2.05) is 0 Å². The highest BCUT2D eigenvalue weighted by atomic mass is 19.1. The molecule has 1 atom stereocenters. The summed E-state index contributed by atoms with van der Waals surface area (Å²) in [6.45, 7) is 2.22. The van der Waals surface area contributed by atoms with E-state index in [1.54, 1.807) is 19.1 Å². The van der Waals surface area contributed by atoms with Crippen LogP contribution in [0, 0.1) is 11.7 Å². The Morgan fingerprint density at radius 1 is 1.53 bits per heavy atom. The highest BCUT2D eigenvalue weighted by Gasteiger charge is 2.22. The normalized spacial score (nSPS) is 17.5. The van der Waals surface area contributed by atoms with Gasteiger partial charge in [0.1, 0.15) is 11.6 Å². The van der Waals surface area contributed by atoms with Gasteiger partial charge in [-0.15, -0.1) is 0 Å². The summed E-state index contributed by atoms with van der Waals surface area (Å²) in [5, 5.41) is 9.24. The van der Waals surface area contributed by atoms with Crippen molar-refractivity contribution in [2.24, 2.45) is 5.92 Å². The zero-order chi connectivity index (χ0) is 10.8. The molecule has 0 spiro atoms. The summed E-state index contributed by atoms with van der Waals surface area (Å²) in [5.74, 6) is 0.798. The Labute approximate surface area is 88.7 Å². The Morgan fingerprint density at radius 2 is 2.27 bits per heavy atom. The summed E-state index contributed by atoms with van der Waals surface area (Å²) < 4.78 is 18.8. The molecule has 0 aliphatic heterocycles. The summed E-state index contributed by atoms with van der Waals surface area (Å²) >= 11 is 0. The van der Waals surface area contributed by atoms with E-state index in [-0.39, 0.29) is 0 Å². The molecule has 1 N–H and O–H groups in total. The van der Waals surface area contributed by atoms with Gasteiger partial charge < -0.3 is 9.84 Å². The van der Waals surface area contributed by atoms with Gasteiger partial charge in [0.15, 0.2) is 0 Å². The number of ether oxygens (including phenoxy) is 1. The van der Waals surface area contributed by atoms with Gasteiger partial charge in [0.05, 0.1) is 12.7 Å². The molecule has 15 heavy (non-hydrogen) atoms. The van der Waals surface area contributed by atoms with Crippen LogP contribution in [0.3, 0.4) is 0 Å². The van der Waals surface area contributed by atoms with Crippen LogP contribution >= 0.6 is 0 Å². The average molecular weight is 210 g/mol. The maximum atomic E-state index is 13.4. The van der Waals surface area contributed by atoms with Crippen LogP contribution in [0.4, 0.5) is 4.39 Å². The smallest absolute Gasteiger partial charge is 0.132 e. The zero-order valence-electron chi connectivity index (χ0n) is 8.74. The monoisotopic (exact) mass is 210 g/mol. The number of halogens is 1. The minimum atomic E-state index is -0.775. The number of hydrogen-bond donors (Lipinski definition) is 1. The molecule has 1 unspecified atom stereocenters. The van der Waals surface area contributed by atoms with Crippen molar-refractivity contribution < 1.29 is 14.2 Å². The number of aliphatic hydroxyl groups is 1. The average Bonchev–Trinajstić information content (AvgIpc) is 2.97. The second-order valence-corrected chi connectivity index (χ2v) is 4.11. The van der Waals surface area contributed by atoms with Crippen LogP contribution in [0.1, 0.15) is 31.4 Å². The Kier molecular flexibility index (Phi) is 2.91. The van der Waals surface area contributed by atoms with Gasteiger partial charge in [0.25, 0.3) is 0 Å². The first-order valence-corrected chi connectivity index (χ1v) is 5.27. The van der Waals surface area contributed by atoms with E-state index >= 15 is 0 Å². The molecule has 0 heterocycles. The largest absolute Gasteiger partial charge is 0.493 e. The molecule has 1 aliphatic rings. The van der Waals surface area contributed by atoms with Crippen molar-refractivity contribution in [3.8, 4) is 5.75 Å². The maximum Gasteiger partial charge on any atom is 0.132 e. The highest BCUT2D eigenvalue weighted by molar-refractivity contribution is 5.30. The molecule has 2 rings (SSSR count).